The molecule has 1 N–H and O–H groups in total. The van der Waals surface area contributed by atoms with E-state index in [0.29, 0.717) is 12.2 Å². The largest absolute Gasteiger partial charge is 0.457 e. The molecule has 0 aromatic heterocycles. The Bertz CT molecular complexity index is 383. The Balaban J connectivity index is 0.000000138. The van der Waals surface area contributed by atoms with Crippen LogP contribution in [0.15, 0.2) is 24.3 Å². The van der Waals surface area contributed by atoms with Crippen LogP contribution in [0.25, 0.3) is 0 Å². The van der Waals surface area contributed by atoms with Gasteiger partial charge >= 0.3 is 5.97 Å². The van der Waals surface area contributed by atoms with Gasteiger partial charge in [-0.2, -0.15) is 0 Å². The third-order valence-electron chi connectivity index (χ3n) is 3.22. The fourth-order valence-corrected chi connectivity index (χ4v) is 2.00. The number of carbonyl (C=O) groups is 1. The number of fused-ring (bicyclic) bond motifs is 4. The van der Waals surface area contributed by atoms with Crippen LogP contribution in [0.3, 0.4) is 0 Å². The van der Waals surface area contributed by atoms with Crippen LogP contribution >= 0.6 is 0 Å². The first kappa shape index (κ1) is 13.1. The normalized spacial score (nSPS) is 18.6. The maximum Gasteiger partial charge on any atom is 0.338 e. The van der Waals surface area contributed by atoms with E-state index in [1.807, 2.05) is 12.1 Å². The fraction of sp³-hybridized carbons (Fsp3) is 0.500. The zero-order valence-corrected chi connectivity index (χ0v) is 10.8. The van der Waals surface area contributed by atoms with Crippen LogP contribution in [0.4, 0.5) is 0 Å². The number of benzene rings is 1. The van der Waals surface area contributed by atoms with Gasteiger partial charge in [-0.1, -0.05) is 19.1 Å². The van der Waals surface area contributed by atoms with Crippen molar-refractivity contribution in [1.82, 2.24) is 10.2 Å². The van der Waals surface area contributed by atoms with E-state index in [2.05, 4.69) is 17.1 Å². The predicted octanol–water partition coefficient (Wildman–Crippen LogP) is 1.27. The summed E-state index contributed by atoms with van der Waals surface area (Å²) in [7, 11) is 0. The molecule has 0 radical (unpaired) electrons. The lowest BCUT2D eigenvalue weighted by atomic mass is 10.2. The highest BCUT2D eigenvalue weighted by Gasteiger charge is 2.11. The average molecular weight is 248 g/mol. The molecule has 0 saturated carbocycles. The quantitative estimate of drug-likeness (QED) is 0.760. The lowest BCUT2D eigenvalue weighted by molar-refractivity contribution is 0.0481. The van der Waals surface area contributed by atoms with Crippen molar-refractivity contribution < 1.29 is 9.53 Å². The van der Waals surface area contributed by atoms with E-state index in [4.69, 9.17) is 4.74 Å². The minimum atomic E-state index is -0.222. The summed E-state index contributed by atoms with van der Waals surface area (Å²) in [6.07, 6.45) is 0. The second-order valence-corrected chi connectivity index (χ2v) is 4.46. The molecule has 0 spiro atoms. The zero-order chi connectivity index (χ0) is 12.8. The Morgan fingerprint density at radius 1 is 1.22 bits per heavy atom. The van der Waals surface area contributed by atoms with E-state index in [1.165, 1.54) is 32.7 Å². The zero-order valence-electron chi connectivity index (χ0n) is 10.8. The van der Waals surface area contributed by atoms with Crippen LogP contribution in [-0.2, 0) is 11.3 Å². The number of esters is 1. The number of rotatable bonds is 1. The molecule has 3 aliphatic heterocycles. The minimum absolute atomic E-state index is 0.222. The van der Waals surface area contributed by atoms with Crippen LogP contribution < -0.4 is 5.32 Å². The molecular weight excluding hydrogens is 228 g/mol. The third kappa shape index (κ3) is 3.55. The van der Waals surface area contributed by atoms with Gasteiger partial charge in [0.15, 0.2) is 0 Å². The van der Waals surface area contributed by atoms with Gasteiger partial charge in [0.2, 0.25) is 0 Å². The minimum Gasteiger partial charge on any atom is -0.457 e. The number of hydrogen-bond donors (Lipinski definition) is 1. The molecule has 98 valence electrons. The number of piperazine rings is 1. The molecule has 0 unspecified atom stereocenters. The fourth-order valence-electron chi connectivity index (χ4n) is 2.00. The molecule has 4 rings (SSSR count). The predicted molar refractivity (Wildman–Crippen MR) is 70.5 cm³/mol. The molecule has 0 amide bonds. The van der Waals surface area contributed by atoms with E-state index in [9.17, 15) is 4.79 Å². The number of likely N-dealkylation sites (N-methyl/N-ethyl adjacent to an activating group) is 1. The van der Waals surface area contributed by atoms with E-state index >= 15 is 0 Å². The van der Waals surface area contributed by atoms with Crippen molar-refractivity contribution in [3.05, 3.63) is 35.4 Å². The number of carbonyl (C=O) groups excluding carboxylic acids is 1. The number of nitrogens with zero attached hydrogens (tertiary/aromatic N) is 1. The average Bonchev–Trinajstić information content (AvgIpc) is 2.74. The maximum atomic E-state index is 10.9. The Morgan fingerprint density at radius 2 is 1.89 bits per heavy atom. The molecule has 1 aromatic carbocycles. The third-order valence-corrected chi connectivity index (χ3v) is 3.22. The summed E-state index contributed by atoms with van der Waals surface area (Å²) >= 11 is 0. The molecule has 3 aliphatic rings. The first-order valence-electron chi connectivity index (χ1n) is 6.48. The Labute approximate surface area is 108 Å². The Hall–Kier alpha value is -1.39. The lowest BCUT2D eigenvalue weighted by Crippen LogP contribution is -2.43. The summed E-state index contributed by atoms with van der Waals surface area (Å²) in [6.45, 7) is 8.65. The highest BCUT2D eigenvalue weighted by Crippen LogP contribution is 2.12. The van der Waals surface area contributed by atoms with E-state index in [0.717, 1.165) is 5.56 Å². The van der Waals surface area contributed by atoms with Crippen LogP contribution in [0.1, 0.15) is 22.8 Å². The molecule has 3 heterocycles. The van der Waals surface area contributed by atoms with Crippen molar-refractivity contribution in [2.45, 2.75) is 13.5 Å². The van der Waals surface area contributed by atoms with Gasteiger partial charge in [-0.25, -0.2) is 4.79 Å². The molecule has 0 atom stereocenters. The first-order chi connectivity index (χ1) is 8.79. The number of nitrogens with one attached hydrogen (secondary N) is 1. The van der Waals surface area contributed by atoms with Crippen molar-refractivity contribution in [3.8, 4) is 0 Å². The van der Waals surface area contributed by atoms with Crippen LogP contribution in [0, 0.1) is 0 Å². The second kappa shape index (κ2) is 6.52. The summed E-state index contributed by atoms with van der Waals surface area (Å²) in [5.74, 6) is -0.222. The first-order valence-corrected chi connectivity index (χ1v) is 6.48. The summed E-state index contributed by atoms with van der Waals surface area (Å²) in [5, 5.41) is 3.31. The highest BCUT2D eigenvalue weighted by molar-refractivity contribution is 5.89. The van der Waals surface area contributed by atoms with E-state index in [-0.39, 0.29) is 5.97 Å². The van der Waals surface area contributed by atoms with Gasteiger partial charge in [0.05, 0.1) is 5.56 Å². The van der Waals surface area contributed by atoms with E-state index in [1.54, 1.807) is 12.1 Å². The topological polar surface area (TPSA) is 41.6 Å². The number of ether oxygens (including phenoxy) is 1. The van der Waals surface area contributed by atoms with Gasteiger partial charge in [-0.05, 0) is 24.2 Å². The van der Waals surface area contributed by atoms with Gasteiger partial charge in [0, 0.05) is 26.2 Å². The van der Waals surface area contributed by atoms with Gasteiger partial charge in [0.1, 0.15) is 6.61 Å². The SMILES string of the molecule is CCN1CCNCC1.O=C1OCc2ccc1cc2. The molecule has 4 nitrogen and oxygen atoms in total. The van der Waals surface area contributed by atoms with Crippen LogP contribution in [0.2, 0.25) is 0 Å². The van der Waals surface area contributed by atoms with Crippen molar-refractivity contribution in [3.63, 3.8) is 0 Å². The standard InChI is InChI=1S/C8H6O2.C6H14N2/c9-8-7-3-1-6(2-4-7)5-10-8;1-2-8-5-3-7-4-6-8/h1-4H,5H2;7H,2-6H2,1H3. The summed E-state index contributed by atoms with van der Waals surface area (Å²) in [6, 6.07) is 7.37. The van der Waals surface area contributed by atoms with Crippen LogP contribution in [-0.4, -0.2) is 43.6 Å². The summed E-state index contributed by atoms with van der Waals surface area (Å²) in [5.41, 5.74) is 1.69. The van der Waals surface area contributed by atoms with Gasteiger partial charge in [-0.15, -0.1) is 0 Å². The summed E-state index contributed by atoms with van der Waals surface area (Å²) in [4.78, 5) is 13.4. The van der Waals surface area contributed by atoms with E-state index < -0.39 is 0 Å². The Kier molecular flexibility index (Phi) is 4.73. The van der Waals surface area contributed by atoms with Crippen LogP contribution in [0.5, 0.6) is 0 Å². The molecule has 0 aliphatic carbocycles. The monoisotopic (exact) mass is 248 g/mol. The van der Waals surface area contributed by atoms with Crippen molar-refractivity contribution in [2.24, 2.45) is 0 Å². The smallest absolute Gasteiger partial charge is 0.338 e. The molecule has 18 heavy (non-hydrogen) atoms. The van der Waals surface area contributed by atoms with Crippen molar-refractivity contribution in [2.75, 3.05) is 32.7 Å². The van der Waals surface area contributed by atoms with Gasteiger partial charge < -0.3 is 15.0 Å². The number of hydrogen-bond acceptors (Lipinski definition) is 4. The lowest BCUT2D eigenvalue weighted by Gasteiger charge is -2.25. The highest BCUT2D eigenvalue weighted by atomic mass is 16.5. The summed E-state index contributed by atoms with van der Waals surface area (Å²) < 4.78 is 4.85. The molecule has 1 saturated heterocycles. The molecule has 2 bridgehead atoms. The molecular formula is C14H20N2O2. The van der Waals surface area contributed by atoms with Crippen molar-refractivity contribution in [1.29, 1.82) is 0 Å². The van der Waals surface area contributed by atoms with Crippen molar-refractivity contribution >= 4 is 5.97 Å². The maximum absolute atomic E-state index is 10.9. The molecule has 1 aromatic rings. The Morgan fingerprint density at radius 3 is 2.44 bits per heavy atom. The molecule has 1 fully saturated rings. The van der Waals surface area contributed by atoms with Gasteiger partial charge in [-0.3, -0.25) is 0 Å². The molecule has 4 heteroatoms. The second-order valence-electron chi connectivity index (χ2n) is 4.46. The van der Waals surface area contributed by atoms with Gasteiger partial charge in [0.25, 0.3) is 0 Å².